The Kier molecular flexibility index (Phi) is 4.18. The molecule has 6 nitrogen and oxygen atoms in total. The molecule has 0 saturated carbocycles. The summed E-state index contributed by atoms with van der Waals surface area (Å²) in [5, 5.41) is 0. The fourth-order valence-corrected chi connectivity index (χ4v) is 2.76. The maximum absolute atomic E-state index is 12.2. The molecule has 22 heavy (non-hydrogen) atoms. The smallest absolute Gasteiger partial charge is 0.231 e. The molecule has 118 valence electrons. The summed E-state index contributed by atoms with van der Waals surface area (Å²) in [7, 11) is 1.78. The predicted molar refractivity (Wildman–Crippen MR) is 79.5 cm³/mol. The standard InChI is InChI=1S/C16H20N2O4/c1-17(15(19)6-8-18-7-2-3-16(18)20)10-12-4-5-13-14(9-12)22-11-21-13/h4-5,9H,2-3,6-8,10-11H2,1H3. The van der Waals surface area contributed by atoms with E-state index in [0.717, 1.165) is 30.0 Å². The molecule has 0 atom stereocenters. The van der Waals surface area contributed by atoms with Crippen molar-refractivity contribution < 1.29 is 19.1 Å². The van der Waals surface area contributed by atoms with Gasteiger partial charge in [0, 0.05) is 39.5 Å². The number of fused-ring (bicyclic) bond motifs is 1. The average Bonchev–Trinajstić information content (AvgIpc) is 3.13. The molecule has 1 fully saturated rings. The second-order valence-corrected chi connectivity index (χ2v) is 5.67. The van der Waals surface area contributed by atoms with Crippen molar-refractivity contribution in [2.24, 2.45) is 0 Å². The van der Waals surface area contributed by atoms with Crippen molar-refractivity contribution in [3.63, 3.8) is 0 Å². The molecule has 6 heteroatoms. The van der Waals surface area contributed by atoms with Crippen LogP contribution in [-0.4, -0.2) is 48.5 Å². The van der Waals surface area contributed by atoms with Crippen molar-refractivity contribution >= 4 is 11.8 Å². The van der Waals surface area contributed by atoms with Crippen molar-refractivity contribution in [2.45, 2.75) is 25.8 Å². The zero-order valence-electron chi connectivity index (χ0n) is 12.7. The fourth-order valence-electron chi connectivity index (χ4n) is 2.76. The molecule has 3 rings (SSSR count). The lowest BCUT2D eigenvalue weighted by Crippen LogP contribution is -2.32. The molecule has 0 N–H and O–H groups in total. The van der Waals surface area contributed by atoms with E-state index in [9.17, 15) is 9.59 Å². The number of rotatable bonds is 5. The SMILES string of the molecule is CN(Cc1ccc2c(c1)OCO2)C(=O)CCN1CCCC1=O. The lowest BCUT2D eigenvalue weighted by molar-refractivity contribution is -0.132. The van der Waals surface area contributed by atoms with Crippen LogP contribution in [0.15, 0.2) is 18.2 Å². The first-order valence-electron chi connectivity index (χ1n) is 7.54. The van der Waals surface area contributed by atoms with Crippen molar-refractivity contribution in [3.05, 3.63) is 23.8 Å². The van der Waals surface area contributed by atoms with E-state index in [2.05, 4.69) is 0 Å². The monoisotopic (exact) mass is 304 g/mol. The minimum atomic E-state index is 0.0392. The van der Waals surface area contributed by atoms with Crippen molar-refractivity contribution in [1.29, 1.82) is 0 Å². The van der Waals surface area contributed by atoms with Gasteiger partial charge in [-0.1, -0.05) is 6.07 Å². The number of carbonyl (C=O) groups is 2. The molecule has 1 aromatic rings. The van der Waals surface area contributed by atoms with E-state index in [4.69, 9.17) is 9.47 Å². The van der Waals surface area contributed by atoms with E-state index in [0.29, 0.717) is 25.9 Å². The zero-order chi connectivity index (χ0) is 15.5. The van der Waals surface area contributed by atoms with Gasteiger partial charge < -0.3 is 19.3 Å². The number of likely N-dealkylation sites (tertiary alicyclic amines) is 1. The molecule has 0 unspecified atom stereocenters. The van der Waals surface area contributed by atoms with E-state index in [-0.39, 0.29) is 18.6 Å². The molecule has 2 aliphatic heterocycles. The first kappa shape index (κ1) is 14.7. The maximum atomic E-state index is 12.2. The highest BCUT2D eigenvalue weighted by molar-refractivity contribution is 5.80. The Morgan fingerprint density at radius 3 is 2.91 bits per heavy atom. The number of carbonyl (C=O) groups excluding carboxylic acids is 2. The van der Waals surface area contributed by atoms with Gasteiger partial charge >= 0.3 is 0 Å². The molecule has 2 aliphatic rings. The van der Waals surface area contributed by atoms with E-state index in [1.165, 1.54) is 0 Å². The highest BCUT2D eigenvalue weighted by Gasteiger charge is 2.21. The van der Waals surface area contributed by atoms with Crippen LogP contribution >= 0.6 is 0 Å². The molecule has 0 spiro atoms. The van der Waals surface area contributed by atoms with Gasteiger partial charge in [-0.15, -0.1) is 0 Å². The van der Waals surface area contributed by atoms with E-state index in [1.807, 2.05) is 18.2 Å². The Balaban J connectivity index is 1.51. The van der Waals surface area contributed by atoms with E-state index < -0.39 is 0 Å². The van der Waals surface area contributed by atoms with Crippen LogP contribution < -0.4 is 9.47 Å². The molecule has 2 heterocycles. The Hall–Kier alpha value is -2.24. The van der Waals surface area contributed by atoms with Crippen LogP contribution in [0, 0.1) is 0 Å². The quantitative estimate of drug-likeness (QED) is 0.825. The van der Waals surface area contributed by atoms with Crippen molar-refractivity contribution in [2.75, 3.05) is 26.9 Å². The Morgan fingerprint density at radius 2 is 2.14 bits per heavy atom. The maximum Gasteiger partial charge on any atom is 0.231 e. The number of ether oxygens (including phenoxy) is 2. The van der Waals surface area contributed by atoms with Crippen LogP contribution in [0.4, 0.5) is 0 Å². The van der Waals surface area contributed by atoms with Crippen LogP contribution in [0.25, 0.3) is 0 Å². The molecular weight excluding hydrogens is 284 g/mol. The zero-order valence-corrected chi connectivity index (χ0v) is 12.7. The Morgan fingerprint density at radius 1 is 1.32 bits per heavy atom. The Labute approximate surface area is 129 Å². The van der Waals surface area contributed by atoms with Gasteiger partial charge in [-0.05, 0) is 24.1 Å². The van der Waals surface area contributed by atoms with Gasteiger partial charge in [0.15, 0.2) is 11.5 Å². The third-order valence-electron chi connectivity index (χ3n) is 4.05. The van der Waals surface area contributed by atoms with Gasteiger partial charge in [0.2, 0.25) is 18.6 Å². The summed E-state index contributed by atoms with van der Waals surface area (Å²) < 4.78 is 10.6. The van der Waals surface area contributed by atoms with Gasteiger partial charge in [0.05, 0.1) is 0 Å². The number of hydrogen-bond donors (Lipinski definition) is 0. The summed E-state index contributed by atoms with van der Waals surface area (Å²) >= 11 is 0. The average molecular weight is 304 g/mol. The topological polar surface area (TPSA) is 59.1 Å². The molecule has 0 aromatic heterocycles. The predicted octanol–water partition coefficient (Wildman–Crippen LogP) is 1.39. The lowest BCUT2D eigenvalue weighted by atomic mass is 10.2. The van der Waals surface area contributed by atoms with Gasteiger partial charge in [-0.2, -0.15) is 0 Å². The fraction of sp³-hybridized carbons (Fsp3) is 0.500. The summed E-state index contributed by atoms with van der Waals surface area (Å²) in [6.45, 7) is 2.06. The normalized spacial score (nSPS) is 16.2. The molecule has 0 aliphatic carbocycles. The van der Waals surface area contributed by atoms with Crippen LogP contribution in [0.5, 0.6) is 11.5 Å². The molecular formula is C16H20N2O4. The van der Waals surface area contributed by atoms with Crippen LogP contribution in [0.1, 0.15) is 24.8 Å². The largest absolute Gasteiger partial charge is 0.454 e. The minimum Gasteiger partial charge on any atom is -0.454 e. The summed E-state index contributed by atoms with van der Waals surface area (Å²) in [6, 6.07) is 5.69. The summed E-state index contributed by atoms with van der Waals surface area (Å²) in [5.41, 5.74) is 0.998. The number of amides is 2. The second-order valence-electron chi connectivity index (χ2n) is 5.67. The van der Waals surface area contributed by atoms with Crippen LogP contribution in [-0.2, 0) is 16.1 Å². The summed E-state index contributed by atoms with van der Waals surface area (Å²) in [4.78, 5) is 27.2. The van der Waals surface area contributed by atoms with Gasteiger partial charge in [-0.3, -0.25) is 9.59 Å². The second kappa shape index (κ2) is 6.25. The minimum absolute atomic E-state index is 0.0392. The van der Waals surface area contributed by atoms with E-state index in [1.54, 1.807) is 16.8 Å². The number of nitrogens with zero attached hydrogens (tertiary/aromatic N) is 2. The Bertz CT molecular complexity index is 588. The first-order chi connectivity index (χ1) is 10.6. The first-order valence-corrected chi connectivity index (χ1v) is 7.54. The van der Waals surface area contributed by atoms with Crippen molar-refractivity contribution in [1.82, 2.24) is 9.80 Å². The number of benzene rings is 1. The number of hydrogen-bond acceptors (Lipinski definition) is 4. The molecule has 2 amide bonds. The van der Waals surface area contributed by atoms with E-state index >= 15 is 0 Å². The van der Waals surface area contributed by atoms with Gasteiger partial charge in [0.1, 0.15) is 0 Å². The summed E-state index contributed by atoms with van der Waals surface area (Å²) in [5.74, 6) is 1.66. The highest BCUT2D eigenvalue weighted by atomic mass is 16.7. The van der Waals surface area contributed by atoms with Crippen LogP contribution in [0.2, 0.25) is 0 Å². The molecule has 0 radical (unpaired) electrons. The molecule has 1 saturated heterocycles. The van der Waals surface area contributed by atoms with Gasteiger partial charge in [-0.25, -0.2) is 0 Å². The summed E-state index contributed by atoms with van der Waals surface area (Å²) in [6.07, 6.45) is 1.88. The van der Waals surface area contributed by atoms with Gasteiger partial charge in [0.25, 0.3) is 0 Å². The van der Waals surface area contributed by atoms with Crippen LogP contribution in [0.3, 0.4) is 0 Å². The third kappa shape index (κ3) is 3.16. The molecule has 1 aromatic carbocycles. The molecule has 0 bridgehead atoms. The van der Waals surface area contributed by atoms with Crippen molar-refractivity contribution in [3.8, 4) is 11.5 Å². The lowest BCUT2D eigenvalue weighted by Gasteiger charge is -2.20. The third-order valence-corrected chi connectivity index (χ3v) is 4.05. The highest BCUT2D eigenvalue weighted by Crippen LogP contribution is 2.32.